The summed E-state index contributed by atoms with van der Waals surface area (Å²) in [6, 6.07) is 0. The quantitative estimate of drug-likeness (QED) is 0.659. The molecular weight excluding hydrogens is 168 g/mol. The Hall–Kier alpha value is 0.310. The van der Waals surface area contributed by atoms with E-state index in [0.717, 1.165) is 13.2 Å². The Morgan fingerprint density at radius 2 is 1.83 bits per heavy atom. The van der Waals surface area contributed by atoms with E-state index in [2.05, 4.69) is 34.0 Å². The molecule has 0 aliphatic carbocycles. The highest BCUT2D eigenvalue weighted by Gasteiger charge is 2.50. The molecule has 0 radical (unpaired) electrons. The molecular formula is C10H20OS. The Morgan fingerprint density at radius 3 is 2.17 bits per heavy atom. The molecule has 1 aliphatic rings. The van der Waals surface area contributed by atoms with E-state index in [0.29, 0.717) is 16.1 Å². The fourth-order valence-corrected chi connectivity index (χ4v) is 2.81. The molecule has 0 saturated carbocycles. The summed E-state index contributed by atoms with van der Waals surface area (Å²) in [5.41, 5.74) is 0.340. The molecule has 0 spiro atoms. The molecule has 1 aliphatic heterocycles. The molecule has 0 aromatic heterocycles. The zero-order valence-electron chi connectivity index (χ0n) is 8.81. The van der Waals surface area contributed by atoms with E-state index in [1.54, 1.807) is 0 Å². The number of ether oxygens (including phenoxy) is 1. The van der Waals surface area contributed by atoms with Crippen molar-refractivity contribution in [3.8, 4) is 0 Å². The minimum Gasteiger partial charge on any atom is -0.379 e. The molecule has 0 bridgehead atoms. The van der Waals surface area contributed by atoms with E-state index in [-0.39, 0.29) is 0 Å². The van der Waals surface area contributed by atoms with E-state index in [9.17, 15) is 0 Å². The van der Waals surface area contributed by atoms with Gasteiger partial charge in [-0.2, -0.15) is 11.8 Å². The second-order valence-electron chi connectivity index (χ2n) is 4.50. The van der Waals surface area contributed by atoms with Gasteiger partial charge < -0.3 is 4.74 Å². The summed E-state index contributed by atoms with van der Waals surface area (Å²) in [6.45, 7) is 11.1. The molecule has 1 rings (SSSR count). The Kier molecular flexibility index (Phi) is 2.79. The molecule has 2 atom stereocenters. The van der Waals surface area contributed by atoms with Crippen molar-refractivity contribution in [3.05, 3.63) is 0 Å². The van der Waals surface area contributed by atoms with Crippen LogP contribution in [-0.2, 0) is 4.74 Å². The highest BCUT2D eigenvalue weighted by Crippen LogP contribution is 2.50. The fraction of sp³-hybridized carbons (Fsp3) is 1.00. The van der Waals surface area contributed by atoms with Crippen molar-refractivity contribution in [1.82, 2.24) is 0 Å². The lowest BCUT2D eigenvalue weighted by Crippen LogP contribution is -2.43. The fourth-order valence-electron chi connectivity index (χ4n) is 1.84. The van der Waals surface area contributed by atoms with Crippen molar-refractivity contribution >= 4 is 11.8 Å². The maximum Gasteiger partial charge on any atom is 0.0616 e. The molecule has 0 amide bonds. The second-order valence-corrected chi connectivity index (χ2v) is 5.81. The van der Waals surface area contributed by atoms with Crippen LogP contribution in [0.15, 0.2) is 0 Å². The largest absolute Gasteiger partial charge is 0.379 e. The molecule has 0 aromatic rings. The van der Waals surface area contributed by atoms with Gasteiger partial charge in [0.05, 0.1) is 13.2 Å². The molecule has 1 fully saturated rings. The average Bonchev–Trinajstić information content (AvgIpc) is 2.31. The average molecular weight is 188 g/mol. The first-order chi connectivity index (χ1) is 5.46. The first-order valence-corrected chi connectivity index (χ1v) is 5.81. The van der Waals surface area contributed by atoms with Crippen LogP contribution in [0.25, 0.3) is 0 Å². The van der Waals surface area contributed by atoms with Gasteiger partial charge in [-0.05, 0) is 19.1 Å². The van der Waals surface area contributed by atoms with Crippen LogP contribution in [0.5, 0.6) is 0 Å². The summed E-state index contributed by atoms with van der Waals surface area (Å²) >= 11 is 1.94. The number of thioether (sulfide) groups is 1. The van der Waals surface area contributed by atoms with Gasteiger partial charge in [0.25, 0.3) is 0 Å². The predicted molar refractivity (Wildman–Crippen MR) is 55.7 cm³/mol. The number of hydrogen-bond acceptors (Lipinski definition) is 2. The highest BCUT2D eigenvalue weighted by atomic mass is 32.2. The molecule has 0 aromatic carbocycles. The topological polar surface area (TPSA) is 9.23 Å². The summed E-state index contributed by atoms with van der Waals surface area (Å²) in [5, 5.41) is 0. The van der Waals surface area contributed by atoms with Crippen molar-refractivity contribution in [1.29, 1.82) is 0 Å². The third-order valence-corrected chi connectivity index (χ3v) is 5.20. The normalized spacial score (nSPS) is 42.5. The first kappa shape index (κ1) is 10.4. The van der Waals surface area contributed by atoms with Crippen LogP contribution in [0.4, 0.5) is 0 Å². The SMILES string of the molecule is CSC1(C)COCC1(C)C(C)C. The summed E-state index contributed by atoms with van der Waals surface area (Å²) in [4.78, 5) is 0. The van der Waals surface area contributed by atoms with Crippen LogP contribution >= 0.6 is 11.8 Å². The van der Waals surface area contributed by atoms with E-state index in [1.165, 1.54) is 0 Å². The van der Waals surface area contributed by atoms with Crippen LogP contribution in [0.3, 0.4) is 0 Å². The summed E-state index contributed by atoms with van der Waals surface area (Å²) in [7, 11) is 0. The molecule has 0 N–H and O–H groups in total. The molecule has 72 valence electrons. The summed E-state index contributed by atoms with van der Waals surface area (Å²) < 4.78 is 5.91. The van der Waals surface area contributed by atoms with Crippen LogP contribution in [-0.4, -0.2) is 24.2 Å². The van der Waals surface area contributed by atoms with Crippen molar-refractivity contribution in [2.24, 2.45) is 11.3 Å². The van der Waals surface area contributed by atoms with Crippen LogP contribution < -0.4 is 0 Å². The van der Waals surface area contributed by atoms with Gasteiger partial charge in [0.15, 0.2) is 0 Å². The van der Waals surface area contributed by atoms with Gasteiger partial charge in [0.1, 0.15) is 0 Å². The second kappa shape index (κ2) is 3.22. The molecule has 2 unspecified atom stereocenters. The first-order valence-electron chi connectivity index (χ1n) is 4.59. The Balaban J connectivity index is 2.88. The molecule has 2 heteroatoms. The van der Waals surface area contributed by atoms with Gasteiger partial charge in [-0.1, -0.05) is 20.8 Å². The smallest absolute Gasteiger partial charge is 0.0616 e. The van der Waals surface area contributed by atoms with E-state index >= 15 is 0 Å². The molecule has 1 nitrogen and oxygen atoms in total. The number of hydrogen-bond donors (Lipinski definition) is 0. The van der Waals surface area contributed by atoms with E-state index < -0.39 is 0 Å². The lowest BCUT2D eigenvalue weighted by molar-refractivity contribution is 0.130. The zero-order valence-corrected chi connectivity index (χ0v) is 9.62. The van der Waals surface area contributed by atoms with Crippen LogP contribution in [0.2, 0.25) is 0 Å². The third kappa shape index (κ3) is 1.29. The minimum atomic E-state index is 0.307. The standard InChI is InChI=1S/C10H20OS/c1-8(2)9(3)6-11-7-10(9,4)12-5/h8H,6-7H2,1-5H3. The highest BCUT2D eigenvalue weighted by molar-refractivity contribution is 8.00. The van der Waals surface area contributed by atoms with E-state index in [4.69, 9.17) is 4.74 Å². The lowest BCUT2D eigenvalue weighted by atomic mass is 9.71. The molecule has 1 saturated heterocycles. The van der Waals surface area contributed by atoms with Crippen LogP contribution in [0, 0.1) is 11.3 Å². The summed E-state index contributed by atoms with van der Waals surface area (Å²) in [5.74, 6) is 0.692. The molecule has 1 heterocycles. The van der Waals surface area contributed by atoms with Crippen molar-refractivity contribution in [2.45, 2.75) is 32.4 Å². The minimum absolute atomic E-state index is 0.307. The van der Waals surface area contributed by atoms with Gasteiger partial charge >= 0.3 is 0 Å². The van der Waals surface area contributed by atoms with Crippen molar-refractivity contribution < 1.29 is 4.74 Å². The van der Waals surface area contributed by atoms with Gasteiger partial charge in [0.2, 0.25) is 0 Å². The van der Waals surface area contributed by atoms with Gasteiger partial charge in [-0.15, -0.1) is 0 Å². The predicted octanol–water partition coefficient (Wildman–Crippen LogP) is 2.80. The summed E-state index contributed by atoms with van der Waals surface area (Å²) in [6.07, 6.45) is 2.19. The van der Waals surface area contributed by atoms with Crippen molar-refractivity contribution in [3.63, 3.8) is 0 Å². The Labute approximate surface area is 80.3 Å². The monoisotopic (exact) mass is 188 g/mol. The Bertz CT molecular complexity index is 169. The maximum absolute atomic E-state index is 5.61. The zero-order chi connectivity index (χ0) is 9.41. The van der Waals surface area contributed by atoms with Gasteiger partial charge in [-0.25, -0.2) is 0 Å². The molecule has 12 heavy (non-hydrogen) atoms. The lowest BCUT2D eigenvalue weighted by Gasteiger charge is -2.41. The maximum atomic E-state index is 5.61. The van der Waals surface area contributed by atoms with Crippen molar-refractivity contribution in [2.75, 3.05) is 19.5 Å². The Morgan fingerprint density at radius 1 is 1.25 bits per heavy atom. The van der Waals surface area contributed by atoms with Gasteiger partial charge in [0, 0.05) is 10.2 Å². The van der Waals surface area contributed by atoms with Gasteiger partial charge in [-0.3, -0.25) is 0 Å². The van der Waals surface area contributed by atoms with E-state index in [1.807, 2.05) is 11.8 Å². The van der Waals surface area contributed by atoms with Crippen LogP contribution in [0.1, 0.15) is 27.7 Å². The third-order valence-electron chi connectivity index (χ3n) is 3.71. The number of rotatable bonds is 2.